The minimum Gasteiger partial charge on any atom is -0.315 e. The van der Waals surface area contributed by atoms with Crippen LogP contribution in [0.3, 0.4) is 0 Å². The SMILES string of the molecule is CC(C)CCNCCN(CCC(C)C)C1CCCC1. The van der Waals surface area contributed by atoms with Crippen molar-refractivity contribution >= 4 is 0 Å². The van der Waals surface area contributed by atoms with E-state index in [1.54, 1.807) is 0 Å². The van der Waals surface area contributed by atoms with E-state index in [-0.39, 0.29) is 0 Å². The van der Waals surface area contributed by atoms with Crippen LogP contribution in [0.4, 0.5) is 0 Å². The number of nitrogens with one attached hydrogen (secondary N) is 1. The maximum Gasteiger partial charge on any atom is 0.0110 e. The Morgan fingerprint density at radius 3 is 2.11 bits per heavy atom. The summed E-state index contributed by atoms with van der Waals surface area (Å²) in [6, 6.07) is 0.880. The van der Waals surface area contributed by atoms with E-state index in [2.05, 4.69) is 37.9 Å². The molecule has 0 saturated heterocycles. The molecule has 2 nitrogen and oxygen atoms in total. The second-order valence-electron chi connectivity index (χ2n) is 7.09. The summed E-state index contributed by atoms with van der Waals surface area (Å²) in [6.45, 7) is 14.2. The lowest BCUT2D eigenvalue weighted by Crippen LogP contribution is -2.39. The van der Waals surface area contributed by atoms with Crippen molar-refractivity contribution in [1.29, 1.82) is 0 Å². The minimum absolute atomic E-state index is 0.819. The molecule has 0 radical (unpaired) electrons. The molecule has 0 atom stereocenters. The van der Waals surface area contributed by atoms with Gasteiger partial charge in [-0.25, -0.2) is 0 Å². The zero-order valence-corrected chi connectivity index (χ0v) is 13.8. The molecule has 0 aromatic rings. The summed E-state index contributed by atoms with van der Waals surface area (Å²) in [4.78, 5) is 2.76. The number of nitrogens with zero attached hydrogens (tertiary/aromatic N) is 1. The van der Waals surface area contributed by atoms with Gasteiger partial charge in [-0.1, -0.05) is 40.5 Å². The first-order valence-corrected chi connectivity index (χ1v) is 8.54. The molecule has 0 bridgehead atoms. The van der Waals surface area contributed by atoms with Gasteiger partial charge in [-0.05, 0) is 50.6 Å². The van der Waals surface area contributed by atoms with Crippen molar-refractivity contribution < 1.29 is 0 Å². The fourth-order valence-corrected chi connectivity index (χ4v) is 2.91. The van der Waals surface area contributed by atoms with Crippen molar-refractivity contribution in [3.05, 3.63) is 0 Å². The van der Waals surface area contributed by atoms with E-state index in [0.717, 1.165) is 17.9 Å². The van der Waals surface area contributed by atoms with Gasteiger partial charge in [-0.15, -0.1) is 0 Å². The third-order valence-electron chi connectivity index (χ3n) is 4.31. The standard InChI is InChI=1S/C17H36N2/c1-15(2)9-11-18-12-14-19(13-10-16(3)4)17-7-5-6-8-17/h15-18H,5-14H2,1-4H3. The lowest BCUT2D eigenvalue weighted by molar-refractivity contribution is 0.188. The Morgan fingerprint density at radius 2 is 1.53 bits per heavy atom. The molecule has 0 aliphatic heterocycles. The summed E-state index contributed by atoms with van der Waals surface area (Å²) < 4.78 is 0. The van der Waals surface area contributed by atoms with Crippen LogP contribution in [0, 0.1) is 11.8 Å². The van der Waals surface area contributed by atoms with Gasteiger partial charge in [0.2, 0.25) is 0 Å². The Balaban J connectivity index is 2.20. The fraction of sp³-hybridized carbons (Fsp3) is 1.00. The molecule has 0 aromatic heterocycles. The molecule has 19 heavy (non-hydrogen) atoms. The third-order valence-corrected chi connectivity index (χ3v) is 4.31. The van der Waals surface area contributed by atoms with Gasteiger partial charge in [0.25, 0.3) is 0 Å². The molecule has 1 saturated carbocycles. The highest BCUT2D eigenvalue weighted by Gasteiger charge is 2.21. The highest BCUT2D eigenvalue weighted by atomic mass is 15.2. The first-order chi connectivity index (χ1) is 9.09. The molecule has 1 aliphatic rings. The summed E-state index contributed by atoms with van der Waals surface area (Å²) >= 11 is 0. The number of hydrogen-bond donors (Lipinski definition) is 1. The molecule has 114 valence electrons. The highest BCUT2D eigenvalue weighted by Crippen LogP contribution is 2.23. The van der Waals surface area contributed by atoms with Crippen LogP contribution in [0.1, 0.15) is 66.2 Å². The Morgan fingerprint density at radius 1 is 0.895 bits per heavy atom. The van der Waals surface area contributed by atoms with Crippen LogP contribution in [0.25, 0.3) is 0 Å². The summed E-state index contributed by atoms with van der Waals surface area (Å²) in [5.74, 6) is 1.65. The van der Waals surface area contributed by atoms with Gasteiger partial charge in [0.15, 0.2) is 0 Å². The Hall–Kier alpha value is -0.0800. The van der Waals surface area contributed by atoms with E-state index >= 15 is 0 Å². The molecule has 0 unspecified atom stereocenters. The van der Waals surface area contributed by atoms with E-state index in [1.807, 2.05) is 0 Å². The first kappa shape index (κ1) is 17.0. The molecule has 0 amide bonds. The second kappa shape index (κ2) is 9.77. The predicted octanol–water partition coefficient (Wildman–Crippen LogP) is 3.91. The largest absolute Gasteiger partial charge is 0.315 e. The van der Waals surface area contributed by atoms with Gasteiger partial charge in [-0.2, -0.15) is 0 Å². The molecule has 1 N–H and O–H groups in total. The summed E-state index contributed by atoms with van der Waals surface area (Å²) in [7, 11) is 0. The van der Waals surface area contributed by atoms with E-state index in [4.69, 9.17) is 0 Å². The van der Waals surface area contributed by atoms with Gasteiger partial charge in [0, 0.05) is 19.1 Å². The van der Waals surface area contributed by atoms with E-state index < -0.39 is 0 Å². The van der Waals surface area contributed by atoms with Crippen molar-refractivity contribution in [2.75, 3.05) is 26.2 Å². The summed E-state index contributed by atoms with van der Waals surface area (Å²) in [6.07, 6.45) is 8.42. The average molecular weight is 268 g/mol. The van der Waals surface area contributed by atoms with E-state index in [0.29, 0.717) is 0 Å². The van der Waals surface area contributed by atoms with Gasteiger partial charge in [-0.3, -0.25) is 4.90 Å². The van der Waals surface area contributed by atoms with E-state index in [9.17, 15) is 0 Å². The van der Waals surface area contributed by atoms with Crippen LogP contribution in [-0.4, -0.2) is 37.1 Å². The molecular formula is C17H36N2. The van der Waals surface area contributed by atoms with Crippen LogP contribution < -0.4 is 5.32 Å². The fourth-order valence-electron chi connectivity index (χ4n) is 2.91. The quantitative estimate of drug-likeness (QED) is 0.604. The first-order valence-electron chi connectivity index (χ1n) is 8.54. The number of rotatable bonds is 10. The molecule has 0 heterocycles. The Labute approximate surface area is 121 Å². The molecule has 1 rings (SSSR count). The number of hydrogen-bond acceptors (Lipinski definition) is 2. The molecule has 1 fully saturated rings. The van der Waals surface area contributed by atoms with E-state index in [1.165, 1.54) is 64.7 Å². The minimum atomic E-state index is 0.819. The molecule has 2 heteroatoms. The van der Waals surface area contributed by atoms with Crippen molar-refractivity contribution in [2.24, 2.45) is 11.8 Å². The normalized spacial score (nSPS) is 17.2. The maximum absolute atomic E-state index is 3.62. The molecule has 0 spiro atoms. The summed E-state index contributed by atoms with van der Waals surface area (Å²) in [5, 5.41) is 3.62. The second-order valence-corrected chi connectivity index (χ2v) is 7.09. The van der Waals surface area contributed by atoms with Crippen molar-refractivity contribution in [1.82, 2.24) is 10.2 Å². The van der Waals surface area contributed by atoms with Crippen molar-refractivity contribution in [2.45, 2.75) is 72.3 Å². The molecule has 0 aromatic carbocycles. The lowest BCUT2D eigenvalue weighted by Gasteiger charge is -2.29. The Bertz CT molecular complexity index is 207. The zero-order valence-electron chi connectivity index (χ0n) is 13.8. The van der Waals surface area contributed by atoms with Crippen LogP contribution in [-0.2, 0) is 0 Å². The van der Waals surface area contributed by atoms with Crippen molar-refractivity contribution in [3.63, 3.8) is 0 Å². The van der Waals surface area contributed by atoms with Gasteiger partial charge in [0.1, 0.15) is 0 Å². The zero-order chi connectivity index (χ0) is 14.1. The highest BCUT2D eigenvalue weighted by molar-refractivity contribution is 4.78. The monoisotopic (exact) mass is 268 g/mol. The smallest absolute Gasteiger partial charge is 0.0110 e. The average Bonchev–Trinajstić information content (AvgIpc) is 2.85. The molecular weight excluding hydrogens is 232 g/mol. The van der Waals surface area contributed by atoms with Crippen molar-refractivity contribution in [3.8, 4) is 0 Å². The predicted molar refractivity (Wildman–Crippen MR) is 85.6 cm³/mol. The topological polar surface area (TPSA) is 15.3 Å². The third kappa shape index (κ3) is 7.94. The van der Waals surface area contributed by atoms with Gasteiger partial charge < -0.3 is 5.32 Å². The van der Waals surface area contributed by atoms with Crippen LogP contribution in [0.15, 0.2) is 0 Å². The van der Waals surface area contributed by atoms with Crippen LogP contribution in [0.5, 0.6) is 0 Å². The van der Waals surface area contributed by atoms with Crippen LogP contribution >= 0.6 is 0 Å². The van der Waals surface area contributed by atoms with Gasteiger partial charge in [0.05, 0.1) is 0 Å². The molecule has 1 aliphatic carbocycles. The summed E-state index contributed by atoms with van der Waals surface area (Å²) in [5.41, 5.74) is 0. The van der Waals surface area contributed by atoms with Crippen LogP contribution in [0.2, 0.25) is 0 Å². The Kier molecular flexibility index (Phi) is 8.72. The van der Waals surface area contributed by atoms with Gasteiger partial charge >= 0.3 is 0 Å². The lowest BCUT2D eigenvalue weighted by atomic mass is 10.1. The maximum atomic E-state index is 3.62.